The summed E-state index contributed by atoms with van der Waals surface area (Å²) in [7, 11) is 0. The van der Waals surface area contributed by atoms with E-state index in [2.05, 4.69) is 15.6 Å². The molecule has 0 aromatic heterocycles. The molecule has 0 spiro atoms. The molecule has 2 aromatic carbocycles. The van der Waals surface area contributed by atoms with Crippen molar-refractivity contribution in [1.82, 2.24) is 10.2 Å². The molecule has 2 aliphatic heterocycles. The van der Waals surface area contributed by atoms with Gasteiger partial charge in [0.15, 0.2) is 0 Å². The van der Waals surface area contributed by atoms with Crippen LogP contribution in [0.4, 0.5) is 16.2 Å². The zero-order valence-corrected chi connectivity index (χ0v) is 20.6. The number of benzene rings is 2. The lowest BCUT2D eigenvalue weighted by molar-refractivity contribution is -0.131. The van der Waals surface area contributed by atoms with Gasteiger partial charge in [-0.3, -0.25) is 19.5 Å². The Labute approximate surface area is 206 Å². The van der Waals surface area contributed by atoms with Gasteiger partial charge in [-0.2, -0.15) is 0 Å². The summed E-state index contributed by atoms with van der Waals surface area (Å²) in [6, 6.07) is 12.6. The van der Waals surface area contributed by atoms with Gasteiger partial charge in [0.2, 0.25) is 12.1 Å². The number of fused-ring (bicyclic) bond motifs is 1. The minimum absolute atomic E-state index is 0.0861. The third-order valence-electron chi connectivity index (χ3n) is 6.52. The van der Waals surface area contributed by atoms with Crippen molar-refractivity contribution in [2.45, 2.75) is 52.6 Å². The number of para-hydroxylation sites is 1. The number of hydrogen-bond acceptors (Lipinski definition) is 4. The second-order valence-electron chi connectivity index (χ2n) is 9.28. The molecule has 8 nitrogen and oxygen atoms in total. The molecule has 0 bridgehead atoms. The lowest BCUT2D eigenvalue weighted by Gasteiger charge is -2.29. The maximum absolute atomic E-state index is 13.7. The number of carbonyl (C=O) groups is 3. The van der Waals surface area contributed by atoms with E-state index in [4.69, 9.17) is 0 Å². The van der Waals surface area contributed by atoms with E-state index >= 15 is 0 Å². The summed E-state index contributed by atoms with van der Waals surface area (Å²) < 4.78 is 0. The zero-order valence-electron chi connectivity index (χ0n) is 20.6. The molecule has 2 heterocycles. The number of benzodiazepines with no additional fused rings is 1. The predicted octanol–water partition coefficient (Wildman–Crippen LogP) is 4.01. The fourth-order valence-electron chi connectivity index (χ4n) is 4.71. The molecular weight excluding hydrogens is 442 g/mol. The van der Waals surface area contributed by atoms with E-state index in [1.54, 1.807) is 6.07 Å². The van der Waals surface area contributed by atoms with Gasteiger partial charge >= 0.3 is 6.03 Å². The summed E-state index contributed by atoms with van der Waals surface area (Å²) in [5.74, 6) is -0.517. The second-order valence-corrected chi connectivity index (χ2v) is 9.28. The van der Waals surface area contributed by atoms with E-state index in [1.165, 1.54) is 4.90 Å². The molecule has 1 saturated heterocycles. The van der Waals surface area contributed by atoms with Gasteiger partial charge in [-0.25, -0.2) is 4.79 Å². The minimum atomic E-state index is -1.15. The third kappa shape index (κ3) is 5.70. The molecule has 2 aliphatic rings. The molecule has 4 rings (SSSR count). The minimum Gasteiger partial charge on any atom is -0.341 e. The van der Waals surface area contributed by atoms with Crippen LogP contribution >= 0.6 is 0 Å². The summed E-state index contributed by atoms with van der Waals surface area (Å²) in [5, 5.41) is 5.47. The highest BCUT2D eigenvalue weighted by atomic mass is 16.2. The molecule has 0 saturated carbocycles. The largest absolute Gasteiger partial charge is 0.341 e. The Hall–Kier alpha value is -3.68. The number of urea groups is 1. The number of aliphatic imine (C=N–C) groups is 1. The first-order valence-corrected chi connectivity index (χ1v) is 12.2. The third-order valence-corrected chi connectivity index (χ3v) is 6.52. The molecule has 0 radical (unpaired) electrons. The quantitative estimate of drug-likeness (QED) is 0.700. The van der Waals surface area contributed by atoms with Crippen molar-refractivity contribution in [1.29, 1.82) is 0 Å². The summed E-state index contributed by atoms with van der Waals surface area (Å²) in [4.78, 5) is 47.7. The fraction of sp³-hybridized carbons (Fsp3) is 0.407. The van der Waals surface area contributed by atoms with Gasteiger partial charge in [0, 0.05) is 30.1 Å². The Morgan fingerprint density at radius 1 is 1.00 bits per heavy atom. The number of amides is 4. The molecule has 0 aliphatic carbocycles. The Morgan fingerprint density at radius 2 is 1.71 bits per heavy atom. The lowest BCUT2D eigenvalue weighted by Crippen LogP contribution is -2.51. The van der Waals surface area contributed by atoms with Crippen LogP contribution in [0.5, 0.6) is 0 Å². The monoisotopic (exact) mass is 475 g/mol. The average Bonchev–Trinajstić information content (AvgIpc) is 3.15. The van der Waals surface area contributed by atoms with Gasteiger partial charge in [-0.05, 0) is 56.9 Å². The Balaban J connectivity index is 1.60. The van der Waals surface area contributed by atoms with E-state index in [0.29, 0.717) is 30.2 Å². The van der Waals surface area contributed by atoms with Gasteiger partial charge in [0.25, 0.3) is 5.91 Å². The molecule has 35 heavy (non-hydrogen) atoms. The SMILES string of the molecule is CC1=N[C@@H](NC(=O)Nc2cccc(C)c2)C(=O)N(CC(=O)N2CCCCCC2)c2c(C)cccc21. The molecule has 8 heteroatoms. The number of nitrogens with one attached hydrogen (secondary N) is 2. The number of aryl methyl sites for hydroxylation is 2. The molecule has 2 N–H and O–H groups in total. The highest BCUT2D eigenvalue weighted by Gasteiger charge is 2.34. The van der Waals surface area contributed by atoms with Crippen molar-refractivity contribution in [3.8, 4) is 0 Å². The van der Waals surface area contributed by atoms with Crippen molar-refractivity contribution >= 4 is 34.9 Å². The average molecular weight is 476 g/mol. The summed E-state index contributed by atoms with van der Waals surface area (Å²) in [5.41, 5.74) is 4.58. The van der Waals surface area contributed by atoms with Crippen molar-refractivity contribution in [3.63, 3.8) is 0 Å². The van der Waals surface area contributed by atoms with Crippen molar-refractivity contribution in [3.05, 3.63) is 59.2 Å². The van der Waals surface area contributed by atoms with Crippen LogP contribution in [0.1, 0.15) is 49.3 Å². The van der Waals surface area contributed by atoms with Gasteiger partial charge in [-0.15, -0.1) is 0 Å². The number of hydrogen-bond donors (Lipinski definition) is 2. The molecular formula is C27H33N5O3. The summed E-state index contributed by atoms with van der Waals surface area (Å²) in [6.45, 7) is 7.00. The lowest BCUT2D eigenvalue weighted by atomic mass is 10.0. The maximum atomic E-state index is 13.7. The number of likely N-dealkylation sites (tertiary alicyclic amines) is 1. The standard InChI is InChI=1S/C27H33N5O3/c1-18-10-8-12-21(16-18)29-27(35)30-25-26(34)32(17-23(33)31-14-6-4-5-7-15-31)24-19(2)11-9-13-22(24)20(3)28-25/h8-13,16,25H,4-7,14-15,17H2,1-3H3,(H2,29,30,35)/t25-/m0/s1. The van der Waals surface area contributed by atoms with Crippen LogP contribution in [-0.4, -0.2) is 54.3 Å². The fourth-order valence-corrected chi connectivity index (χ4v) is 4.71. The highest BCUT2D eigenvalue weighted by Crippen LogP contribution is 2.29. The maximum Gasteiger partial charge on any atom is 0.321 e. The molecule has 1 fully saturated rings. The van der Waals surface area contributed by atoms with Crippen LogP contribution in [0, 0.1) is 13.8 Å². The molecule has 1 atom stereocenters. The number of rotatable bonds is 4. The van der Waals surface area contributed by atoms with Crippen molar-refractivity contribution in [2.24, 2.45) is 4.99 Å². The Bertz CT molecular complexity index is 1150. The van der Waals surface area contributed by atoms with Crippen LogP contribution in [-0.2, 0) is 9.59 Å². The van der Waals surface area contributed by atoms with E-state index in [-0.39, 0.29) is 12.5 Å². The van der Waals surface area contributed by atoms with Gasteiger partial charge in [0.1, 0.15) is 6.54 Å². The molecule has 0 unspecified atom stereocenters. The van der Waals surface area contributed by atoms with Crippen LogP contribution in [0.3, 0.4) is 0 Å². The predicted molar refractivity (Wildman–Crippen MR) is 138 cm³/mol. The summed E-state index contributed by atoms with van der Waals surface area (Å²) >= 11 is 0. The van der Waals surface area contributed by atoms with E-state index in [1.807, 2.05) is 62.1 Å². The van der Waals surface area contributed by atoms with Crippen molar-refractivity contribution < 1.29 is 14.4 Å². The van der Waals surface area contributed by atoms with Crippen LogP contribution in [0.25, 0.3) is 0 Å². The molecule has 2 aromatic rings. The number of anilines is 2. The Kier molecular flexibility index (Phi) is 7.48. The first-order chi connectivity index (χ1) is 16.8. The smallest absolute Gasteiger partial charge is 0.321 e. The van der Waals surface area contributed by atoms with Crippen LogP contribution in [0.2, 0.25) is 0 Å². The van der Waals surface area contributed by atoms with Crippen LogP contribution in [0.15, 0.2) is 47.5 Å². The topological polar surface area (TPSA) is 94.1 Å². The Morgan fingerprint density at radius 3 is 2.43 bits per heavy atom. The molecule has 184 valence electrons. The van der Waals surface area contributed by atoms with Crippen LogP contribution < -0.4 is 15.5 Å². The normalized spacial score (nSPS) is 18.2. The van der Waals surface area contributed by atoms with E-state index < -0.39 is 18.1 Å². The van der Waals surface area contributed by atoms with Crippen molar-refractivity contribution in [2.75, 3.05) is 29.9 Å². The first-order valence-electron chi connectivity index (χ1n) is 12.2. The van der Waals surface area contributed by atoms with Gasteiger partial charge in [0.05, 0.1) is 5.69 Å². The zero-order chi connectivity index (χ0) is 24.9. The van der Waals surface area contributed by atoms with E-state index in [9.17, 15) is 14.4 Å². The number of carbonyl (C=O) groups excluding carboxylic acids is 3. The first kappa shape index (κ1) is 24.4. The summed E-state index contributed by atoms with van der Waals surface area (Å²) in [6.07, 6.45) is 3.03. The van der Waals surface area contributed by atoms with Gasteiger partial charge in [-0.1, -0.05) is 43.2 Å². The van der Waals surface area contributed by atoms with Gasteiger partial charge < -0.3 is 15.5 Å². The number of nitrogens with zero attached hydrogens (tertiary/aromatic N) is 3. The second kappa shape index (κ2) is 10.7. The highest BCUT2D eigenvalue weighted by molar-refractivity contribution is 6.14. The van der Waals surface area contributed by atoms with E-state index in [0.717, 1.165) is 42.4 Å². The molecule has 4 amide bonds.